The number of aryl methyl sites for hydroxylation is 1. The van der Waals surface area contributed by atoms with Crippen molar-refractivity contribution >= 4 is 23.4 Å². The van der Waals surface area contributed by atoms with Gasteiger partial charge in [-0.25, -0.2) is 8.78 Å². The molecule has 9 heteroatoms. The number of rotatable bonds is 5. The summed E-state index contributed by atoms with van der Waals surface area (Å²) in [5, 5.41) is 5.45. The fourth-order valence-electron chi connectivity index (χ4n) is 4.13. The van der Waals surface area contributed by atoms with Crippen molar-refractivity contribution in [3.63, 3.8) is 0 Å². The summed E-state index contributed by atoms with van der Waals surface area (Å²) in [6.45, 7) is 2.77. The third-order valence-corrected chi connectivity index (χ3v) is 5.88. The number of halogens is 2. The Labute approximate surface area is 190 Å². The Morgan fingerprint density at radius 2 is 2.06 bits per heavy atom. The Kier molecular flexibility index (Phi) is 6.48. The molecule has 2 aromatic carbocycles. The average Bonchev–Trinajstić information content (AvgIpc) is 2.78. The van der Waals surface area contributed by atoms with Gasteiger partial charge in [0.05, 0.1) is 18.2 Å². The van der Waals surface area contributed by atoms with Crippen LogP contribution in [0.3, 0.4) is 0 Å². The van der Waals surface area contributed by atoms with Gasteiger partial charge >= 0.3 is 0 Å². The molecule has 4 N–H and O–H groups in total. The molecule has 2 heterocycles. The van der Waals surface area contributed by atoms with Crippen LogP contribution in [0.4, 0.5) is 8.78 Å². The molecule has 2 aliphatic rings. The first-order chi connectivity index (χ1) is 15.8. The second-order valence-corrected chi connectivity index (χ2v) is 8.39. The highest BCUT2D eigenvalue weighted by molar-refractivity contribution is 6.47. The number of benzene rings is 2. The van der Waals surface area contributed by atoms with Crippen molar-refractivity contribution in [2.24, 2.45) is 21.6 Å². The lowest BCUT2D eigenvalue weighted by Gasteiger charge is -2.29. The molecule has 0 bridgehead atoms. The van der Waals surface area contributed by atoms with Crippen LogP contribution in [0.15, 0.2) is 46.4 Å². The molecule has 1 fully saturated rings. The second kappa shape index (κ2) is 9.48. The van der Waals surface area contributed by atoms with Crippen LogP contribution in [-0.4, -0.2) is 42.5 Å². The van der Waals surface area contributed by atoms with Gasteiger partial charge in [0.1, 0.15) is 23.2 Å². The van der Waals surface area contributed by atoms with Gasteiger partial charge in [0.15, 0.2) is 0 Å². The van der Waals surface area contributed by atoms with Crippen LogP contribution in [0.25, 0.3) is 0 Å². The molecule has 0 aromatic heterocycles. The van der Waals surface area contributed by atoms with Gasteiger partial charge in [0.2, 0.25) is 5.91 Å². The number of nitrogens with one attached hydrogen (secondary N) is 2. The van der Waals surface area contributed by atoms with Gasteiger partial charge in [-0.2, -0.15) is 0 Å². The first-order valence-corrected chi connectivity index (χ1v) is 10.8. The van der Waals surface area contributed by atoms with Crippen molar-refractivity contribution in [1.29, 1.82) is 0 Å². The molecule has 2 atom stereocenters. The molecule has 0 saturated carbocycles. The minimum absolute atomic E-state index is 0.0257. The van der Waals surface area contributed by atoms with Crippen molar-refractivity contribution < 1.29 is 18.4 Å². The number of aliphatic imine (C=N–C) groups is 2. The molecule has 2 aliphatic heterocycles. The lowest BCUT2D eigenvalue weighted by atomic mass is 9.90. The van der Waals surface area contributed by atoms with Crippen LogP contribution >= 0.6 is 0 Å². The Hall–Kier alpha value is -3.62. The van der Waals surface area contributed by atoms with Crippen molar-refractivity contribution in [3.8, 4) is 0 Å². The number of piperidine rings is 1. The molecule has 33 heavy (non-hydrogen) atoms. The number of amides is 2. The highest BCUT2D eigenvalue weighted by Gasteiger charge is 2.29. The summed E-state index contributed by atoms with van der Waals surface area (Å²) in [4.78, 5) is 33.0. The number of nitrogens with zero attached hydrogens (tertiary/aromatic N) is 2. The number of nitrogens with two attached hydrogens (primary N) is 1. The summed E-state index contributed by atoms with van der Waals surface area (Å²) in [5.41, 5.74) is 8.02. The predicted octanol–water partition coefficient (Wildman–Crippen LogP) is 2.26. The highest BCUT2D eigenvalue weighted by atomic mass is 19.1. The number of amidine groups is 1. The third kappa shape index (κ3) is 5.24. The van der Waals surface area contributed by atoms with E-state index >= 15 is 0 Å². The Balaban J connectivity index is 1.48. The fraction of sp³-hybridized carbons (Fsp3) is 0.333. The van der Waals surface area contributed by atoms with Crippen LogP contribution in [0.1, 0.15) is 39.9 Å². The zero-order chi connectivity index (χ0) is 23.5. The van der Waals surface area contributed by atoms with Gasteiger partial charge in [-0.3, -0.25) is 19.6 Å². The maximum atomic E-state index is 14.8. The van der Waals surface area contributed by atoms with E-state index in [9.17, 15) is 18.4 Å². The van der Waals surface area contributed by atoms with Crippen molar-refractivity contribution in [3.05, 3.63) is 70.3 Å². The van der Waals surface area contributed by atoms with E-state index in [-0.39, 0.29) is 35.8 Å². The summed E-state index contributed by atoms with van der Waals surface area (Å²) in [6, 6.07) is 8.47. The number of hydrogen-bond acceptors (Lipinski definition) is 5. The van der Waals surface area contributed by atoms with Crippen LogP contribution in [0.2, 0.25) is 0 Å². The molecule has 4 rings (SSSR count). The number of hydrogen-bond donors (Lipinski definition) is 3. The maximum Gasteiger partial charge on any atom is 0.254 e. The molecule has 2 aromatic rings. The predicted molar refractivity (Wildman–Crippen MR) is 121 cm³/mol. The molecule has 2 amide bonds. The summed E-state index contributed by atoms with van der Waals surface area (Å²) in [6.07, 6.45) is 1.15. The standard InChI is InChI=1S/C24H25F2N5O2/c1-13-6-14(8-17(25)7-13)10-30-24(33)18-4-2-15(9-19(18)26)22-23(27)29-12-20(31-22)16-3-5-21(32)28-11-16/h2,4,6-9,16,20H,3,5,10-12H2,1H3,(H2,27,29)(H,28,32)(H,30,33). The largest absolute Gasteiger partial charge is 0.382 e. The molecule has 0 radical (unpaired) electrons. The molecule has 7 nitrogen and oxygen atoms in total. The van der Waals surface area contributed by atoms with Crippen molar-refractivity contribution in [2.45, 2.75) is 32.4 Å². The molecule has 0 aliphatic carbocycles. The molecular weight excluding hydrogens is 428 g/mol. The second-order valence-electron chi connectivity index (χ2n) is 8.39. The van der Waals surface area contributed by atoms with E-state index in [1.807, 2.05) is 0 Å². The van der Waals surface area contributed by atoms with Gasteiger partial charge in [0.25, 0.3) is 5.91 Å². The van der Waals surface area contributed by atoms with Gasteiger partial charge in [-0.05, 0) is 48.7 Å². The minimum atomic E-state index is -0.719. The van der Waals surface area contributed by atoms with E-state index in [4.69, 9.17) is 10.7 Å². The lowest BCUT2D eigenvalue weighted by Crippen LogP contribution is -2.43. The summed E-state index contributed by atoms with van der Waals surface area (Å²) >= 11 is 0. The topological polar surface area (TPSA) is 109 Å². The van der Waals surface area contributed by atoms with E-state index < -0.39 is 17.5 Å². The molecule has 1 saturated heterocycles. The SMILES string of the molecule is Cc1cc(F)cc(CNC(=O)c2ccc(C3=NC(C4CCC(=O)NC4)CN=C3N)cc2F)c1. The third-order valence-electron chi connectivity index (χ3n) is 5.88. The summed E-state index contributed by atoms with van der Waals surface area (Å²) < 4.78 is 28.4. The highest BCUT2D eigenvalue weighted by Crippen LogP contribution is 2.22. The van der Waals surface area contributed by atoms with E-state index in [1.54, 1.807) is 19.1 Å². The number of carbonyl (C=O) groups is 2. The smallest absolute Gasteiger partial charge is 0.254 e. The lowest BCUT2D eigenvalue weighted by molar-refractivity contribution is -0.123. The summed E-state index contributed by atoms with van der Waals surface area (Å²) in [5.74, 6) is -1.35. The van der Waals surface area contributed by atoms with Crippen LogP contribution < -0.4 is 16.4 Å². The van der Waals surface area contributed by atoms with Crippen molar-refractivity contribution in [2.75, 3.05) is 13.1 Å². The van der Waals surface area contributed by atoms with E-state index in [0.717, 1.165) is 5.56 Å². The van der Waals surface area contributed by atoms with Gasteiger partial charge in [-0.1, -0.05) is 12.1 Å². The average molecular weight is 453 g/mol. The first-order valence-electron chi connectivity index (χ1n) is 10.8. The van der Waals surface area contributed by atoms with Crippen LogP contribution in [0.5, 0.6) is 0 Å². The van der Waals surface area contributed by atoms with Gasteiger partial charge in [0, 0.05) is 31.0 Å². The van der Waals surface area contributed by atoms with E-state index in [0.29, 0.717) is 42.8 Å². The Bertz CT molecular complexity index is 1130. The maximum absolute atomic E-state index is 14.8. The van der Waals surface area contributed by atoms with Crippen LogP contribution in [-0.2, 0) is 11.3 Å². The van der Waals surface area contributed by atoms with Crippen molar-refractivity contribution in [1.82, 2.24) is 10.6 Å². The molecule has 172 valence electrons. The minimum Gasteiger partial charge on any atom is -0.382 e. The quantitative estimate of drug-likeness (QED) is 0.646. The van der Waals surface area contributed by atoms with E-state index in [1.165, 1.54) is 24.3 Å². The Morgan fingerprint density at radius 3 is 2.76 bits per heavy atom. The molecular formula is C24H25F2N5O2. The van der Waals surface area contributed by atoms with E-state index in [2.05, 4.69) is 15.6 Å². The first kappa shape index (κ1) is 22.6. The number of carbonyl (C=O) groups excluding carboxylic acids is 2. The van der Waals surface area contributed by atoms with Gasteiger partial charge in [-0.15, -0.1) is 0 Å². The molecule has 2 unspecified atom stereocenters. The normalized spacial score (nSPS) is 20.5. The van der Waals surface area contributed by atoms with Crippen LogP contribution in [0, 0.1) is 24.5 Å². The zero-order valence-corrected chi connectivity index (χ0v) is 18.2. The van der Waals surface area contributed by atoms with Gasteiger partial charge < -0.3 is 16.4 Å². The zero-order valence-electron chi connectivity index (χ0n) is 18.2. The monoisotopic (exact) mass is 453 g/mol. The Morgan fingerprint density at radius 1 is 1.24 bits per heavy atom. The summed E-state index contributed by atoms with van der Waals surface area (Å²) in [7, 11) is 0. The molecule has 0 spiro atoms. The fourth-order valence-corrected chi connectivity index (χ4v) is 4.13.